The lowest BCUT2D eigenvalue weighted by Crippen LogP contribution is -2.30. The van der Waals surface area contributed by atoms with Gasteiger partial charge in [0, 0.05) is 13.2 Å². The van der Waals surface area contributed by atoms with Gasteiger partial charge in [-0.05, 0) is 18.9 Å². The largest absolute Gasteiger partial charge is 0.447 e. The van der Waals surface area contributed by atoms with Gasteiger partial charge in [-0.2, -0.15) is 0 Å². The van der Waals surface area contributed by atoms with Gasteiger partial charge in [0.05, 0.1) is 6.61 Å². The normalized spacial score (nSPS) is 20.2. The average Bonchev–Trinajstić information content (AvgIpc) is 3.08. The second kappa shape index (κ2) is 7.64. The van der Waals surface area contributed by atoms with Crippen LogP contribution in [0.3, 0.4) is 0 Å². The van der Waals surface area contributed by atoms with Crippen molar-refractivity contribution in [1.29, 1.82) is 0 Å². The number of hydrogen-bond acceptors (Lipinski definition) is 4. The van der Waals surface area contributed by atoms with Crippen molar-refractivity contribution in [3.8, 4) is 0 Å². The molecule has 1 fully saturated rings. The number of nitrogens with one attached hydrogen (secondary N) is 1. The van der Waals surface area contributed by atoms with Crippen LogP contribution < -0.4 is 5.32 Å². The van der Waals surface area contributed by atoms with Crippen molar-refractivity contribution in [2.45, 2.75) is 26.0 Å². The van der Waals surface area contributed by atoms with Gasteiger partial charge in [0.15, 0.2) is 0 Å². The van der Waals surface area contributed by atoms with E-state index in [4.69, 9.17) is 13.9 Å². The van der Waals surface area contributed by atoms with Crippen LogP contribution >= 0.6 is 0 Å². The van der Waals surface area contributed by atoms with Crippen LogP contribution in [0.1, 0.15) is 13.8 Å². The first kappa shape index (κ1) is 13.5. The number of alkyl carbamates (subject to hydrolysis) is 1. The van der Waals surface area contributed by atoms with E-state index in [1.165, 1.54) is 0 Å². The first-order chi connectivity index (χ1) is 7.72. The van der Waals surface area contributed by atoms with Gasteiger partial charge >= 0.3 is 6.09 Å². The van der Waals surface area contributed by atoms with E-state index < -0.39 is 0 Å². The summed E-state index contributed by atoms with van der Waals surface area (Å²) in [6, 6.07) is 0.972. The zero-order chi connectivity index (χ0) is 11.8. The van der Waals surface area contributed by atoms with E-state index in [2.05, 4.69) is 12.2 Å². The monoisotopic (exact) mass is 245 g/mol. The van der Waals surface area contributed by atoms with Crippen LogP contribution in [0.25, 0.3) is 0 Å². The third-order valence-corrected chi connectivity index (χ3v) is 3.43. The number of ether oxygens (including phenoxy) is 2. The number of carbonyl (C=O) groups excluding carboxylic acids is 1. The lowest BCUT2D eigenvalue weighted by Gasteiger charge is -2.11. The molecule has 1 N–H and O–H groups in total. The van der Waals surface area contributed by atoms with Crippen LogP contribution in [-0.2, 0) is 13.9 Å². The molecule has 2 atom stereocenters. The molecule has 1 aliphatic heterocycles. The topological polar surface area (TPSA) is 60.1 Å². The van der Waals surface area contributed by atoms with Crippen molar-refractivity contribution < 1.29 is 18.7 Å². The fourth-order valence-electron chi connectivity index (χ4n) is 1.02. The minimum Gasteiger partial charge on any atom is -0.447 e. The summed E-state index contributed by atoms with van der Waals surface area (Å²) in [6.07, 6.45) is -0.232. The molecule has 0 aromatic carbocycles. The maximum Gasteiger partial charge on any atom is 0.407 e. The van der Waals surface area contributed by atoms with Crippen LogP contribution in [0.4, 0.5) is 4.79 Å². The predicted octanol–water partition coefficient (Wildman–Crippen LogP) is 0.821. The Morgan fingerprint density at radius 2 is 2.44 bits per heavy atom. The molecule has 1 aliphatic rings. The number of epoxide rings is 1. The van der Waals surface area contributed by atoms with Crippen molar-refractivity contribution >= 4 is 15.9 Å². The zero-order valence-electron chi connectivity index (χ0n) is 9.82. The average molecular weight is 245 g/mol. The maximum absolute atomic E-state index is 11.2. The van der Waals surface area contributed by atoms with E-state index >= 15 is 0 Å². The van der Waals surface area contributed by atoms with Crippen molar-refractivity contribution in [3.05, 3.63) is 0 Å². The van der Waals surface area contributed by atoms with Crippen LogP contribution in [0.15, 0.2) is 0 Å². The molecule has 0 aliphatic carbocycles. The standard InChI is InChI=1S/C10H19NO4Si/c1-3-15-16-7-8(2)4-11-10(12)14-6-9-5-13-9/h8-9H,3-7H2,1-2H3,(H,11,12). The van der Waals surface area contributed by atoms with Gasteiger partial charge in [0.2, 0.25) is 9.76 Å². The minimum atomic E-state index is -0.359. The summed E-state index contributed by atoms with van der Waals surface area (Å²) in [6.45, 7) is 6.51. The summed E-state index contributed by atoms with van der Waals surface area (Å²) in [5.41, 5.74) is 0. The Bertz CT molecular complexity index is 211. The Morgan fingerprint density at radius 1 is 1.69 bits per heavy atom. The highest BCUT2D eigenvalue weighted by Crippen LogP contribution is 2.08. The van der Waals surface area contributed by atoms with Crippen molar-refractivity contribution in [3.63, 3.8) is 0 Å². The summed E-state index contributed by atoms with van der Waals surface area (Å²) >= 11 is 0. The van der Waals surface area contributed by atoms with Crippen LogP contribution in [-0.4, -0.2) is 48.3 Å². The zero-order valence-corrected chi connectivity index (χ0v) is 10.8. The molecule has 1 rings (SSSR count). The van der Waals surface area contributed by atoms with E-state index in [-0.39, 0.29) is 12.2 Å². The van der Waals surface area contributed by atoms with Crippen LogP contribution in [0, 0.1) is 5.92 Å². The van der Waals surface area contributed by atoms with E-state index in [1.807, 2.05) is 6.92 Å². The van der Waals surface area contributed by atoms with E-state index in [9.17, 15) is 4.79 Å². The lowest BCUT2D eigenvalue weighted by molar-refractivity contribution is 0.135. The fraction of sp³-hybridized carbons (Fsp3) is 0.900. The lowest BCUT2D eigenvalue weighted by atomic mass is 10.2. The van der Waals surface area contributed by atoms with Gasteiger partial charge in [-0.25, -0.2) is 4.79 Å². The molecule has 2 radical (unpaired) electrons. The van der Waals surface area contributed by atoms with Gasteiger partial charge in [0.25, 0.3) is 0 Å². The fourth-order valence-corrected chi connectivity index (χ4v) is 1.77. The van der Waals surface area contributed by atoms with Gasteiger partial charge in [0.1, 0.15) is 12.7 Å². The Labute approximate surface area is 98.8 Å². The Morgan fingerprint density at radius 3 is 3.06 bits per heavy atom. The van der Waals surface area contributed by atoms with E-state index in [0.717, 1.165) is 12.7 Å². The maximum atomic E-state index is 11.2. The molecule has 16 heavy (non-hydrogen) atoms. The molecule has 0 saturated carbocycles. The number of amides is 1. The summed E-state index contributed by atoms with van der Waals surface area (Å²) in [7, 11) is 0.511. The van der Waals surface area contributed by atoms with E-state index in [0.29, 0.717) is 35.4 Å². The third-order valence-electron chi connectivity index (χ3n) is 2.08. The molecule has 0 aromatic heterocycles. The molecular weight excluding hydrogens is 226 g/mol. The summed E-state index contributed by atoms with van der Waals surface area (Å²) in [4.78, 5) is 11.2. The predicted molar refractivity (Wildman–Crippen MR) is 60.4 cm³/mol. The van der Waals surface area contributed by atoms with Gasteiger partial charge in [-0.1, -0.05) is 6.92 Å². The molecule has 6 heteroatoms. The second-order valence-corrected chi connectivity index (χ2v) is 4.81. The molecule has 2 unspecified atom stereocenters. The van der Waals surface area contributed by atoms with Crippen molar-refractivity contribution in [2.75, 3.05) is 26.4 Å². The first-order valence-corrected chi connectivity index (χ1v) is 6.70. The Hall–Kier alpha value is -0.593. The van der Waals surface area contributed by atoms with Crippen molar-refractivity contribution in [1.82, 2.24) is 5.32 Å². The minimum absolute atomic E-state index is 0.127. The SMILES string of the molecule is CCO[Si]CC(C)CNC(=O)OCC1CO1. The molecule has 0 bridgehead atoms. The third kappa shape index (κ3) is 6.81. The van der Waals surface area contributed by atoms with Gasteiger partial charge in [-0.15, -0.1) is 0 Å². The smallest absolute Gasteiger partial charge is 0.407 e. The van der Waals surface area contributed by atoms with E-state index in [1.54, 1.807) is 0 Å². The number of hydrogen-bond donors (Lipinski definition) is 1. The van der Waals surface area contributed by atoms with Crippen LogP contribution in [0.5, 0.6) is 0 Å². The molecule has 92 valence electrons. The highest BCUT2D eigenvalue weighted by atomic mass is 28.2. The second-order valence-electron chi connectivity index (χ2n) is 3.82. The summed E-state index contributed by atoms with van der Waals surface area (Å²) in [5, 5.41) is 2.72. The quantitative estimate of drug-likeness (QED) is 0.391. The van der Waals surface area contributed by atoms with Gasteiger partial charge < -0.3 is 19.2 Å². The molecular formula is C10H19NO4Si. The first-order valence-electron chi connectivity index (χ1n) is 5.59. The highest BCUT2D eigenvalue weighted by Gasteiger charge is 2.24. The summed E-state index contributed by atoms with van der Waals surface area (Å²) in [5.74, 6) is 0.412. The van der Waals surface area contributed by atoms with Gasteiger partial charge in [-0.3, -0.25) is 0 Å². The summed E-state index contributed by atoms with van der Waals surface area (Å²) < 4.78 is 15.1. The number of rotatable bonds is 8. The Kier molecular flexibility index (Phi) is 6.44. The number of carbonyl (C=O) groups is 1. The van der Waals surface area contributed by atoms with Crippen LogP contribution in [0.2, 0.25) is 6.04 Å². The molecule has 0 spiro atoms. The molecule has 0 aromatic rings. The highest BCUT2D eigenvalue weighted by molar-refractivity contribution is 6.27. The molecule has 1 amide bonds. The molecule has 1 heterocycles. The molecule has 5 nitrogen and oxygen atoms in total. The Balaban J connectivity index is 1.92. The molecule has 1 saturated heterocycles. The van der Waals surface area contributed by atoms with Crippen molar-refractivity contribution in [2.24, 2.45) is 5.92 Å².